The molecular formula is C16H19NO3. The average Bonchev–Trinajstić information content (AvgIpc) is 2.93. The molecule has 4 nitrogen and oxygen atoms in total. The Bertz CT molecular complexity index is 588. The molecule has 1 aromatic heterocycles. The van der Waals surface area contributed by atoms with E-state index >= 15 is 0 Å². The van der Waals surface area contributed by atoms with Gasteiger partial charge in [0, 0.05) is 5.56 Å². The molecule has 1 heterocycles. The number of rotatable bonds is 5. The van der Waals surface area contributed by atoms with Crippen LogP contribution in [-0.2, 0) is 17.8 Å². The Morgan fingerprint density at radius 2 is 2.05 bits per heavy atom. The van der Waals surface area contributed by atoms with Gasteiger partial charge >= 0.3 is 0 Å². The number of methoxy groups -OCH3 is 1. The fourth-order valence-electron chi connectivity index (χ4n) is 2.01. The molecule has 106 valence electrons. The van der Waals surface area contributed by atoms with Gasteiger partial charge in [-0.05, 0) is 43.2 Å². The van der Waals surface area contributed by atoms with E-state index in [1.165, 1.54) is 0 Å². The Kier molecular flexibility index (Phi) is 4.45. The van der Waals surface area contributed by atoms with Gasteiger partial charge in [0.2, 0.25) is 5.91 Å². The number of carbonyl (C=O) groups is 1. The van der Waals surface area contributed by atoms with Gasteiger partial charge < -0.3 is 14.5 Å². The van der Waals surface area contributed by atoms with Crippen LogP contribution in [0.2, 0.25) is 0 Å². The topological polar surface area (TPSA) is 51.5 Å². The molecule has 20 heavy (non-hydrogen) atoms. The van der Waals surface area contributed by atoms with E-state index in [9.17, 15) is 4.79 Å². The molecule has 0 atom stereocenters. The first kappa shape index (κ1) is 14.2. The molecule has 0 unspecified atom stereocenters. The van der Waals surface area contributed by atoms with Crippen molar-refractivity contribution in [2.24, 2.45) is 0 Å². The summed E-state index contributed by atoms with van der Waals surface area (Å²) in [5, 5.41) is 2.83. The maximum atomic E-state index is 12.0. The number of aryl methyl sites for hydroxylation is 2. The predicted octanol–water partition coefficient (Wildman–Crippen LogP) is 2.76. The van der Waals surface area contributed by atoms with Crippen LogP contribution >= 0.6 is 0 Å². The maximum absolute atomic E-state index is 12.0. The van der Waals surface area contributed by atoms with E-state index in [1.54, 1.807) is 19.4 Å². The summed E-state index contributed by atoms with van der Waals surface area (Å²) < 4.78 is 10.5. The van der Waals surface area contributed by atoms with Crippen molar-refractivity contribution in [1.82, 2.24) is 5.32 Å². The third-order valence-corrected chi connectivity index (χ3v) is 3.29. The molecule has 4 heteroatoms. The molecule has 0 saturated carbocycles. The average molecular weight is 273 g/mol. The van der Waals surface area contributed by atoms with Gasteiger partial charge in [0.25, 0.3) is 0 Å². The number of benzene rings is 1. The molecule has 0 fully saturated rings. The normalized spacial score (nSPS) is 10.3. The lowest BCUT2D eigenvalue weighted by molar-refractivity contribution is -0.120. The number of carbonyl (C=O) groups excluding carboxylic acids is 1. The Morgan fingerprint density at radius 3 is 2.70 bits per heavy atom. The lowest BCUT2D eigenvalue weighted by Gasteiger charge is -2.11. The van der Waals surface area contributed by atoms with Crippen molar-refractivity contribution in [3.63, 3.8) is 0 Å². The molecule has 0 radical (unpaired) electrons. The minimum absolute atomic E-state index is 0.0528. The van der Waals surface area contributed by atoms with Crippen molar-refractivity contribution in [2.75, 3.05) is 7.11 Å². The van der Waals surface area contributed by atoms with Crippen molar-refractivity contribution in [3.8, 4) is 5.75 Å². The highest BCUT2D eigenvalue weighted by molar-refractivity contribution is 5.79. The summed E-state index contributed by atoms with van der Waals surface area (Å²) in [6.07, 6.45) is 1.89. The summed E-state index contributed by atoms with van der Waals surface area (Å²) in [6.45, 7) is 4.45. The van der Waals surface area contributed by atoms with Gasteiger partial charge in [0.1, 0.15) is 11.5 Å². The number of nitrogens with one attached hydrogen (secondary N) is 1. The van der Waals surface area contributed by atoms with Crippen LogP contribution in [0.3, 0.4) is 0 Å². The monoisotopic (exact) mass is 273 g/mol. The van der Waals surface area contributed by atoms with E-state index in [0.717, 1.165) is 28.2 Å². The van der Waals surface area contributed by atoms with Crippen LogP contribution in [0.25, 0.3) is 0 Å². The molecule has 0 aliphatic carbocycles. The molecule has 0 aliphatic rings. The second kappa shape index (κ2) is 6.28. The number of furan rings is 1. The lowest BCUT2D eigenvalue weighted by atomic mass is 10.0. The third kappa shape index (κ3) is 3.41. The van der Waals surface area contributed by atoms with Crippen LogP contribution < -0.4 is 10.1 Å². The third-order valence-electron chi connectivity index (χ3n) is 3.29. The zero-order valence-electron chi connectivity index (χ0n) is 12.0. The van der Waals surface area contributed by atoms with E-state index < -0.39 is 0 Å². The second-order valence-corrected chi connectivity index (χ2v) is 4.78. The predicted molar refractivity (Wildman–Crippen MR) is 76.7 cm³/mol. The molecule has 0 aliphatic heterocycles. The first-order valence-corrected chi connectivity index (χ1v) is 6.53. The highest BCUT2D eigenvalue weighted by atomic mass is 16.5. The van der Waals surface area contributed by atoms with Crippen molar-refractivity contribution in [1.29, 1.82) is 0 Å². The second-order valence-electron chi connectivity index (χ2n) is 4.78. The number of amides is 1. The first-order chi connectivity index (χ1) is 9.60. The smallest absolute Gasteiger partial charge is 0.224 e. The molecule has 0 spiro atoms. The Hall–Kier alpha value is -2.23. The van der Waals surface area contributed by atoms with Crippen molar-refractivity contribution >= 4 is 5.91 Å². The van der Waals surface area contributed by atoms with E-state index in [4.69, 9.17) is 9.15 Å². The van der Waals surface area contributed by atoms with Crippen LogP contribution in [0.4, 0.5) is 0 Å². The van der Waals surface area contributed by atoms with Crippen LogP contribution in [0.15, 0.2) is 34.9 Å². The van der Waals surface area contributed by atoms with E-state index in [2.05, 4.69) is 5.32 Å². The molecule has 1 amide bonds. The standard InChI is InChI=1S/C16H19NO3/c1-11-7-13(15(19-3)8-12(11)2)9-16(18)17-10-14-5-4-6-20-14/h4-8H,9-10H2,1-3H3,(H,17,18). The van der Waals surface area contributed by atoms with Crippen LogP contribution in [0.1, 0.15) is 22.5 Å². The van der Waals surface area contributed by atoms with Crippen LogP contribution in [0.5, 0.6) is 5.75 Å². The summed E-state index contributed by atoms with van der Waals surface area (Å²) in [5.41, 5.74) is 3.20. The minimum atomic E-state index is -0.0528. The van der Waals surface area contributed by atoms with Crippen molar-refractivity contribution < 1.29 is 13.9 Å². The highest BCUT2D eigenvalue weighted by Crippen LogP contribution is 2.23. The summed E-state index contributed by atoms with van der Waals surface area (Å²) in [4.78, 5) is 12.0. The molecule has 0 saturated heterocycles. The van der Waals surface area contributed by atoms with Gasteiger partial charge in [0.05, 0.1) is 26.3 Å². The summed E-state index contributed by atoms with van der Waals surface area (Å²) >= 11 is 0. The molecule has 2 rings (SSSR count). The molecule has 2 aromatic rings. The SMILES string of the molecule is COc1cc(C)c(C)cc1CC(=O)NCc1ccco1. The molecule has 1 N–H and O–H groups in total. The Labute approximate surface area is 118 Å². The van der Waals surface area contributed by atoms with Gasteiger partial charge in [-0.3, -0.25) is 4.79 Å². The zero-order valence-corrected chi connectivity index (χ0v) is 12.0. The van der Waals surface area contributed by atoms with Gasteiger partial charge in [-0.1, -0.05) is 6.07 Å². The maximum Gasteiger partial charge on any atom is 0.224 e. The zero-order chi connectivity index (χ0) is 14.5. The Balaban J connectivity index is 2.01. The van der Waals surface area contributed by atoms with Gasteiger partial charge in [-0.15, -0.1) is 0 Å². The number of hydrogen-bond donors (Lipinski definition) is 1. The molecule has 1 aromatic carbocycles. The molecule has 0 bridgehead atoms. The van der Waals surface area contributed by atoms with Gasteiger partial charge in [-0.2, -0.15) is 0 Å². The fourth-order valence-corrected chi connectivity index (χ4v) is 2.01. The summed E-state index contributed by atoms with van der Waals surface area (Å²) in [7, 11) is 1.62. The Morgan fingerprint density at radius 1 is 1.30 bits per heavy atom. The largest absolute Gasteiger partial charge is 0.496 e. The van der Waals surface area contributed by atoms with E-state index in [0.29, 0.717) is 13.0 Å². The molecular weight excluding hydrogens is 254 g/mol. The van der Waals surface area contributed by atoms with Crippen LogP contribution in [-0.4, -0.2) is 13.0 Å². The first-order valence-electron chi connectivity index (χ1n) is 6.53. The van der Waals surface area contributed by atoms with Crippen LogP contribution in [0, 0.1) is 13.8 Å². The van der Waals surface area contributed by atoms with Gasteiger partial charge in [0.15, 0.2) is 0 Å². The summed E-state index contributed by atoms with van der Waals surface area (Å²) in [5.74, 6) is 1.44. The van der Waals surface area contributed by atoms with Crippen molar-refractivity contribution in [3.05, 3.63) is 53.0 Å². The number of hydrogen-bond acceptors (Lipinski definition) is 3. The van der Waals surface area contributed by atoms with E-state index in [1.807, 2.05) is 32.0 Å². The quantitative estimate of drug-likeness (QED) is 0.911. The van der Waals surface area contributed by atoms with Crippen molar-refractivity contribution in [2.45, 2.75) is 26.8 Å². The highest BCUT2D eigenvalue weighted by Gasteiger charge is 2.11. The fraction of sp³-hybridized carbons (Fsp3) is 0.312. The van der Waals surface area contributed by atoms with E-state index in [-0.39, 0.29) is 5.91 Å². The minimum Gasteiger partial charge on any atom is -0.496 e. The number of ether oxygens (including phenoxy) is 1. The summed E-state index contributed by atoms with van der Waals surface area (Å²) in [6, 6.07) is 7.59. The lowest BCUT2D eigenvalue weighted by Crippen LogP contribution is -2.24. The van der Waals surface area contributed by atoms with Gasteiger partial charge in [-0.25, -0.2) is 0 Å².